The predicted octanol–water partition coefficient (Wildman–Crippen LogP) is 3.62. The number of hydrogen-bond donors (Lipinski definition) is 1. The summed E-state index contributed by atoms with van der Waals surface area (Å²) in [5, 5.41) is 6.01. The molecule has 4 rings (SSSR count). The summed E-state index contributed by atoms with van der Waals surface area (Å²) in [6, 6.07) is 5.28. The molecule has 1 aliphatic heterocycles. The summed E-state index contributed by atoms with van der Waals surface area (Å²) >= 11 is 1.91. The number of hydrogen-bond acceptors (Lipinski definition) is 3. The first-order valence-corrected chi connectivity index (χ1v) is 9.11. The average molecular weight is 291 g/mol. The van der Waals surface area contributed by atoms with E-state index in [9.17, 15) is 0 Å². The van der Waals surface area contributed by atoms with E-state index in [1.807, 2.05) is 11.3 Å². The highest BCUT2D eigenvalue weighted by atomic mass is 32.1. The minimum atomic E-state index is 0.410. The van der Waals surface area contributed by atoms with Crippen molar-refractivity contribution in [1.82, 2.24) is 5.32 Å². The normalized spacial score (nSPS) is 33.7. The fraction of sp³-hybridized carbons (Fsp3) is 0.765. The van der Waals surface area contributed by atoms with Gasteiger partial charge in [0.1, 0.15) is 0 Å². The highest BCUT2D eigenvalue weighted by Crippen LogP contribution is 2.50. The summed E-state index contributed by atoms with van der Waals surface area (Å²) in [5.41, 5.74) is 0.410. The summed E-state index contributed by atoms with van der Waals surface area (Å²) < 4.78 is 6.18. The number of ether oxygens (including phenoxy) is 1. The van der Waals surface area contributed by atoms with Gasteiger partial charge < -0.3 is 10.1 Å². The lowest BCUT2D eigenvalue weighted by atomic mass is 9.75. The Morgan fingerprint density at radius 3 is 2.90 bits per heavy atom. The first-order chi connectivity index (χ1) is 9.86. The van der Waals surface area contributed by atoms with Gasteiger partial charge in [0.05, 0.1) is 6.10 Å². The zero-order chi connectivity index (χ0) is 13.4. The fourth-order valence-electron chi connectivity index (χ4n) is 3.75. The third kappa shape index (κ3) is 2.81. The van der Waals surface area contributed by atoms with Crippen LogP contribution in [0.1, 0.15) is 43.4 Å². The van der Waals surface area contributed by atoms with E-state index in [-0.39, 0.29) is 0 Å². The van der Waals surface area contributed by atoms with Crippen LogP contribution in [0.5, 0.6) is 0 Å². The van der Waals surface area contributed by atoms with Gasteiger partial charge in [-0.05, 0) is 62.3 Å². The molecule has 0 radical (unpaired) electrons. The molecular weight excluding hydrogens is 266 g/mol. The summed E-state index contributed by atoms with van der Waals surface area (Å²) in [6.45, 7) is 2.17. The van der Waals surface area contributed by atoms with Gasteiger partial charge in [0.25, 0.3) is 0 Å². The number of aryl methyl sites for hydroxylation is 1. The second-order valence-electron chi connectivity index (χ2n) is 6.98. The van der Waals surface area contributed by atoms with Crippen LogP contribution in [-0.2, 0) is 11.2 Å². The summed E-state index contributed by atoms with van der Waals surface area (Å²) in [5.74, 6) is 0.863. The standard InChI is InChI=1S/C17H25NOS/c1-2-15(20-11-1)7-8-17(12-18-14-5-6-14)9-10-19-16(17)13-3-4-13/h1-2,11,13-14,16,18H,3-10,12H2. The van der Waals surface area contributed by atoms with Crippen molar-refractivity contribution >= 4 is 11.3 Å². The molecule has 2 saturated carbocycles. The topological polar surface area (TPSA) is 21.3 Å². The van der Waals surface area contributed by atoms with Gasteiger partial charge in [0.2, 0.25) is 0 Å². The highest BCUT2D eigenvalue weighted by Gasteiger charge is 2.50. The lowest BCUT2D eigenvalue weighted by Gasteiger charge is -2.35. The minimum Gasteiger partial charge on any atom is -0.377 e. The highest BCUT2D eigenvalue weighted by molar-refractivity contribution is 7.09. The van der Waals surface area contributed by atoms with Gasteiger partial charge in [-0.3, -0.25) is 0 Å². The van der Waals surface area contributed by atoms with Crippen LogP contribution in [0.15, 0.2) is 17.5 Å². The zero-order valence-corrected chi connectivity index (χ0v) is 13.0. The van der Waals surface area contributed by atoms with E-state index in [1.165, 1.54) is 56.4 Å². The average Bonchev–Trinajstić information content (AvgIpc) is 3.39. The van der Waals surface area contributed by atoms with E-state index in [0.717, 1.165) is 18.6 Å². The van der Waals surface area contributed by atoms with Gasteiger partial charge in [0, 0.05) is 29.5 Å². The van der Waals surface area contributed by atoms with E-state index in [4.69, 9.17) is 4.74 Å². The van der Waals surface area contributed by atoms with Gasteiger partial charge in [-0.1, -0.05) is 6.07 Å². The van der Waals surface area contributed by atoms with Crippen LogP contribution in [0.3, 0.4) is 0 Å². The fourth-order valence-corrected chi connectivity index (χ4v) is 4.46. The second kappa shape index (κ2) is 5.43. The SMILES string of the molecule is c1csc(CCC2(CNC3CC3)CCOC2C2CC2)c1. The van der Waals surface area contributed by atoms with E-state index in [2.05, 4.69) is 22.8 Å². The Bertz CT molecular complexity index is 438. The molecule has 0 spiro atoms. The molecule has 2 aliphatic carbocycles. The third-order valence-electron chi connectivity index (χ3n) is 5.32. The molecule has 0 aromatic carbocycles. The Morgan fingerprint density at radius 2 is 2.20 bits per heavy atom. The number of thiophene rings is 1. The van der Waals surface area contributed by atoms with Crippen LogP contribution in [-0.4, -0.2) is 25.3 Å². The number of nitrogens with one attached hydrogen (secondary N) is 1. The molecule has 1 aromatic rings. The summed E-state index contributed by atoms with van der Waals surface area (Å²) in [4.78, 5) is 1.54. The monoisotopic (exact) mass is 291 g/mol. The van der Waals surface area contributed by atoms with Gasteiger partial charge in [-0.15, -0.1) is 11.3 Å². The van der Waals surface area contributed by atoms with Crippen molar-refractivity contribution in [3.63, 3.8) is 0 Å². The van der Waals surface area contributed by atoms with E-state index in [0.29, 0.717) is 11.5 Å². The maximum Gasteiger partial charge on any atom is 0.0672 e. The maximum atomic E-state index is 6.18. The van der Waals surface area contributed by atoms with Crippen molar-refractivity contribution in [1.29, 1.82) is 0 Å². The largest absolute Gasteiger partial charge is 0.377 e. The first kappa shape index (κ1) is 13.3. The molecule has 0 bridgehead atoms. The quantitative estimate of drug-likeness (QED) is 0.828. The van der Waals surface area contributed by atoms with Gasteiger partial charge in [-0.2, -0.15) is 0 Å². The first-order valence-electron chi connectivity index (χ1n) is 8.23. The van der Waals surface area contributed by atoms with Crippen LogP contribution in [0.2, 0.25) is 0 Å². The molecule has 1 N–H and O–H groups in total. The Labute approximate surface area is 125 Å². The molecule has 3 heteroatoms. The summed E-state index contributed by atoms with van der Waals surface area (Å²) in [6.07, 6.45) is 9.90. The van der Waals surface area contributed by atoms with E-state index < -0.39 is 0 Å². The molecule has 2 nitrogen and oxygen atoms in total. The lowest BCUT2D eigenvalue weighted by Crippen LogP contribution is -2.43. The predicted molar refractivity (Wildman–Crippen MR) is 83.2 cm³/mol. The van der Waals surface area contributed by atoms with Gasteiger partial charge >= 0.3 is 0 Å². The molecule has 2 atom stereocenters. The molecule has 1 saturated heterocycles. The third-order valence-corrected chi connectivity index (χ3v) is 6.26. The molecule has 0 amide bonds. The molecule has 20 heavy (non-hydrogen) atoms. The van der Waals surface area contributed by atoms with Crippen LogP contribution < -0.4 is 5.32 Å². The molecule has 2 unspecified atom stereocenters. The Hall–Kier alpha value is -0.380. The molecule has 3 aliphatic rings. The van der Waals surface area contributed by atoms with Crippen molar-refractivity contribution in [2.45, 2.75) is 57.1 Å². The van der Waals surface area contributed by atoms with Crippen molar-refractivity contribution in [3.05, 3.63) is 22.4 Å². The molecule has 1 aromatic heterocycles. The Balaban J connectivity index is 1.45. The maximum absolute atomic E-state index is 6.18. The van der Waals surface area contributed by atoms with Crippen molar-refractivity contribution in [3.8, 4) is 0 Å². The molecule has 110 valence electrons. The van der Waals surface area contributed by atoms with Crippen molar-refractivity contribution < 1.29 is 4.74 Å². The molecule has 3 fully saturated rings. The lowest BCUT2D eigenvalue weighted by molar-refractivity contribution is 0.0266. The summed E-state index contributed by atoms with van der Waals surface area (Å²) in [7, 11) is 0. The molecule has 2 heterocycles. The van der Waals surface area contributed by atoms with Gasteiger partial charge in [-0.25, -0.2) is 0 Å². The zero-order valence-electron chi connectivity index (χ0n) is 12.1. The Morgan fingerprint density at radius 1 is 1.30 bits per heavy atom. The van der Waals surface area contributed by atoms with Crippen LogP contribution in [0, 0.1) is 11.3 Å². The van der Waals surface area contributed by atoms with Crippen LogP contribution in [0.25, 0.3) is 0 Å². The van der Waals surface area contributed by atoms with Crippen molar-refractivity contribution in [2.24, 2.45) is 11.3 Å². The van der Waals surface area contributed by atoms with Crippen LogP contribution in [0.4, 0.5) is 0 Å². The Kier molecular flexibility index (Phi) is 3.61. The van der Waals surface area contributed by atoms with Gasteiger partial charge in [0.15, 0.2) is 0 Å². The minimum absolute atomic E-state index is 0.410. The molecular formula is C17H25NOS. The van der Waals surface area contributed by atoms with Crippen molar-refractivity contribution in [2.75, 3.05) is 13.2 Å². The second-order valence-corrected chi connectivity index (χ2v) is 8.01. The van der Waals surface area contributed by atoms with E-state index >= 15 is 0 Å². The van der Waals surface area contributed by atoms with E-state index in [1.54, 1.807) is 0 Å². The number of rotatable bonds is 7. The smallest absolute Gasteiger partial charge is 0.0672 e. The van der Waals surface area contributed by atoms with Crippen LogP contribution >= 0.6 is 11.3 Å².